The fourth-order valence-corrected chi connectivity index (χ4v) is 4.32. The van der Waals surface area contributed by atoms with E-state index < -0.39 is 0 Å². The summed E-state index contributed by atoms with van der Waals surface area (Å²) in [5.41, 5.74) is 0.237. The summed E-state index contributed by atoms with van der Waals surface area (Å²) < 4.78 is 5.79. The lowest BCUT2D eigenvalue weighted by atomic mass is 9.71. The molecule has 3 aliphatic rings. The Morgan fingerprint density at radius 2 is 2.05 bits per heavy atom. The molecule has 2 N–H and O–H groups in total. The average Bonchev–Trinajstić information content (AvgIpc) is 2.87. The van der Waals surface area contributed by atoms with E-state index in [9.17, 15) is 14.4 Å². The molecule has 2 amide bonds. The molecule has 0 aromatic rings. The summed E-state index contributed by atoms with van der Waals surface area (Å²) in [7, 11) is 0. The lowest BCUT2D eigenvalue weighted by Gasteiger charge is -2.42. The van der Waals surface area contributed by atoms with Gasteiger partial charge in [0.05, 0.1) is 18.1 Å². The van der Waals surface area contributed by atoms with Gasteiger partial charge in [-0.25, -0.2) is 0 Å². The van der Waals surface area contributed by atoms with Gasteiger partial charge in [-0.2, -0.15) is 0 Å². The first kappa shape index (κ1) is 15.6. The number of thioether (sulfide) groups is 1. The van der Waals surface area contributed by atoms with E-state index in [2.05, 4.69) is 24.5 Å². The maximum absolute atomic E-state index is 12.3. The lowest BCUT2D eigenvalue weighted by molar-refractivity contribution is -0.124. The normalized spacial score (nSPS) is 30.9. The largest absolute Gasteiger partial charge is 0.358 e. The van der Waals surface area contributed by atoms with Crippen molar-refractivity contribution in [3.05, 3.63) is 10.6 Å². The van der Waals surface area contributed by atoms with Crippen molar-refractivity contribution in [1.82, 2.24) is 10.6 Å². The molecule has 3 rings (SSSR count). The molecule has 1 aliphatic carbocycles. The summed E-state index contributed by atoms with van der Waals surface area (Å²) in [6.07, 6.45) is 1.29. The van der Waals surface area contributed by atoms with Crippen molar-refractivity contribution >= 4 is 29.4 Å². The van der Waals surface area contributed by atoms with Crippen LogP contribution in [0.5, 0.6) is 0 Å². The molecule has 2 aliphatic heterocycles. The number of carbonyl (C=O) groups is 3. The van der Waals surface area contributed by atoms with E-state index in [1.165, 1.54) is 11.8 Å². The summed E-state index contributed by atoms with van der Waals surface area (Å²) in [6, 6.07) is 0. The van der Waals surface area contributed by atoms with Crippen LogP contribution in [0.1, 0.15) is 33.1 Å². The van der Waals surface area contributed by atoms with Gasteiger partial charge < -0.3 is 15.4 Å². The van der Waals surface area contributed by atoms with Crippen LogP contribution in [-0.2, 0) is 19.1 Å². The molecule has 22 heavy (non-hydrogen) atoms. The third-order valence-electron chi connectivity index (χ3n) is 4.61. The van der Waals surface area contributed by atoms with Crippen LogP contribution in [0.2, 0.25) is 0 Å². The van der Waals surface area contributed by atoms with Crippen molar-refractivity contribution in [2.24, 2.45) is 11.3 Å². The molecule has 2 heterocycles. The summed E-state index contributed by atoms with van der Waals surface area (Å²) in [5.74, 6) is 0.260. The fourth-order valence-electron chi connectivity index (χ4n) is 3.12. The zero-order chi connectivity index (χ0) is 15.9. The van der Waals surface area contributed by atoms with Crippen LogP contribution >= 0.6 is 11.8 Å². The van der Waals surface area contributed by atoms with Crippen molar-refractivity contribution in [2.45, 2.75) is 39.3 Å². The zero-order valence-corrected chi connectivity index (χ0v) is 13.5. The van der Waals surface area contributed by atoms with Crippen molar-refractivity contribution in [1.29, 1.82) is 0 Å². The monoisotopic (exact) mass is 324 g/mol. The third-order valence-corrected chi connectivity index (χ3v) is 6.04. The van der Waals surface area contributed by atoms with Gasteiger partial charge in [0.1, 0.15) is 6.23 Å². The van der Waals surface area contributed by atoms with Crippen molar-refractivity contribution in [2.75, 3.05) is 12.4 Å². The van der Waals surface area contributed by atoms with Crippen LogP contribution in [0.15, 0.2) is 10.6 Å². The van der Waals surface area contributed by atoms with E-state index >= 15 is 0 Å². The molecular formula is C15H20N2O4S. The van der Waals surface area contributed by atoms with E-state index in [0.717, 1.165) is 4.91 Å². The van der Waals surface area contributed by atoms with Gasteiger partial charge in [0, 0.05) is 29.6 Å². The lowest BCUT2D eigenvalue weighted by Crippen LogP contribution is -2.45. The topological polar surface area (TPSA) is 84.5 Å². The van der Waals surface area contributed by atoms with Crippen LogP contribution in [0.3, 0.4) is 0 Å². The highest BCUT2D eigenvalue weighted by Crippen LogP contribution is 2.49. The Morgan fingerprint density at radius 3 is 2.73 bits per heavy atom. The molecule has 6 nitrogen and oxygen atoms in total. The second-order valence-corrected chi connectivity index (χ2v) is 7.50. The highest BCUT2D eigenvalue weighted by molar-refractivity contribution is 8.03. The predicted molar refractivity (Wildman–Crippen MR) is 81.6 cm³/mol. The van der Waals surface area contributed by atoms with E-state index in [1.807, 2.05) is 0 Å². The van der Waals surface area contributed by atoms with Crippen LogP contribution < -0.4 is 10.6 Å². The molecular weight excluding hydrogens is 304 g/mol. The first-order valence-corrected chi connectivity index (χ1v) is 8.48. The Labute approximate surface area is 133 Å². The Morgan fingerprint density at radius 1 is 1.27 bits per heavy atom. The Kier molecular flexibility index (Phi) is 4.03. The quantitative estimate of drug-likeness (QED) is 0.807. The maximum atomic E-state index is 12.3. The van der Waals surface area contributed by atoms with Crippen LogP contribution in [0.25, 0.3) is 0 Å². The Hall–Kier alpha value is -1.34. The zero-order valence-electron chi connectivity index (χ0n) is 12.7. The number of amides is 2. The van der Waals surface area contributed by atoms with E-state index in [0.29, 0.717) is 37.3 Å². The third kappa shape index (κ3) is 2.79. The van der Waals surface area contributed by atoms with Crippen LogP contribution in [-0.4, -0.2) is 36.2 Å². The second-order valence-electron chi connectivity index (χ2n) is 6.52. The number of hydrogen-bond acceptors (Lipinski definition) is 5. The maximum Gasteiger partial charge on any atom is 0.234 e. The molecule has 0 saturated carbocycles. The minimum Gasteiger partial charge on any atom is -0.358 e. The second kappa shape index (κ2) is 5.70. The Balaban J connectivity index is 1.72. The highest BCUT2D eigenvalue weighted by atomic mass is 32.2. The van der Waals surface area contributed by atoms with Gasteiger partial charge >= 0.3 is 0 Å². The molecule has 0 aromatic heterocycles. The Bertz CT molecular complexity index is 570. The number of hydrogen-bond donors (Lipinski definition) is 2. The first-order chi connectivity index (χ1) is 10.4. The molecule has 7 heteroatoms. The molecule has 0 bridgehead atoms. The summed E-state index contributed by atoms with van der Waals surface area (Å²) in [5, 5.41) is 5.49. The van der Waals surface area contributed by atoms with Gasteiger partial charge in [-0.05, 0) is 5.92 Å². The van der Waals surface area contributed by atoms with Crippen LogP contribution in [0.4, 0.5) is 0 Å². The van der Waals surface area contributed by atoms with Crippen LogP contribution in [0, 0.1) is 11.3 Å². The summed E-state index contributed by atoms with van der Waals surface area (Å²) >= 11 is 1.45. The smallest absolute Gasteiger partial charge is 0.234 e. The number of nitrogens with one attached hydrogen (secondary N) is 2. The standard InChI is InChI=1S/C15H20N2O4S/c1-15(2)8(6-21-12-4-3-10(19)16-12)5-9(18)13-14(15)22-7-11(20)17-13/h8,12H,3-7H2,1-2H3,(H,16,19)(H,17,20)/t8-,12+/m0/s1. The molecule has 0 aromatic carbocycles. The molecule has 0 unspecified atom stereocenters. The van der Waals surface area contributed by atoms with Gasteiger partial charge in [0.15, 0.2) is 5.78 Å². The van der Waals surface area contributed by atoms with E-state index in [4.69, 9.17) is 4.74 Å². The molecule has 120 valence electrons. The van der Waals surface area contributed by atoms with E-state index in [1.54, 1.807) is 0 Å². The van der Waals surface area contributed by atoms with Crippen molar-refractivity contribution < 1.29 is 19.1 Å². The molecule has 0 spiro atoms. The average molecular weight is 324 g/mol. The molecule has 1 saturated heterocycles. The van der Waals surface area contributed by atoms with Gasteiger partial charge in [0.25, 0.3) is 0 Å². The number of carbonyl (C=O) groups excluding carboxylic acids is 3. The minimum atomic E-state index is -0.243. The van der Waals surface area contributed by atoms with Gasteiger partial charge in [-0.1, -0.05) is 13.8 Å². The number of Topliss-reactive ketones (excluding diaryl/α,β-unsaturated/α-hetero) is 1. The summed E-state index contributed by atoms with van der Waals surface area (Å²) in [6.45, 7) is 4.59. The number of allylic oxidation sites excluding steroid dienone is 2. The molecule has 1 fully saturated rings. The fraction of sp³-hybridized carbons (Fsp3) is 0.667. The molecule has 0 radical (unpaired) electrons. The van der Waals surface area contributed by atoms with Gasteiger partial charge in [-0.15, -0.1) is 11.8 Å². The van der Waals surface area contributed by atoms with Gasteiger partial charge in [0.2, 0.25) is 11.8 Å². The van der Waals surface area contributed by atoms with Crippen molar-refractivity contribution in [3.63, 3.8) is 0 Å². The SMILES string of the molecule is CC1(C)C2=C(NC(=O)CS2)C(=O)C[C@H]1CO[C@@H]1CCC(=O)N1. The van der Waals surface area contributed by atoms with E-state index in [-0.39, 0.29) is 35.2 Å². The number of rotatable bonds is 3. The van der Waals surface area contributed by atoms with Crippen molar-refractivity contribution in [3.8, 4) is 0 Å². The number of ketones is 1. The predicted octanol–water partition coefficient (Wildman–Crippen LogP) is 0.929. The first-order valence-electron chi connectivity index (χ1n) is 7.49. The minimum absolute atomic E-state index is 0.0134. The summed E-state index contributed by atoms with van der Waals surface area (Å²) in [4.78, 5) is 36.0. The number of ether oxygens (including phenoxy) is 1. The molecule has 2 atom stereocenters. The van der Waals surface area contributed by atoms with Gasteiger partial charge in [-0.3, -0.25) is 14.4 Å². The highest BCUT2D eigenvalue weighted by Gasteiger charge is 2.45.